The molecule has 2 amide bonds. The Kier molecular flexibility index (Phi) is 8.02. The van der Waals surface area contributed by atoms with Crippen molar-refractivity contribution in [3.8, 4) is 0 Å². The first-order valence-electron chi connectivity index (χ1n) is 10.9. The lowest BCUT2D eigenvalue weighted by atomic mass is 9.94. The number of nitrogens with zero attached hydrogens (tertiary/aromatic N) is 2. The molecule has 0 aromatic rings. The van der Waals surface area contributed by atoms with Crippen LogP contribution in [0.4, 0.5) is 0 Å². The maximum absolute atomic E-state index is 13.4. The van der Waals surface area contributed by atoms with Gasteiger partial charge >= 0.3 is 0 Å². The van der Waals surface area contributed by atoms with E-state index < -0.39 is 10.9 Å². The Morgan fingerprint density at radius 2 is 1.77 bits per heavy atom. The summed E-state index contributed by atoms with van der Waals surface area (Å²) in [5.74, 6) is 0.213. The van der Waals surface area contributed by atoms with Gasteiger partial charge in [-0.05, 0) is 40.5 Å². The average molecular weight is 474 g/mol. The van der Waals surface area contributed by atoms with Crippen LogP contribution in [0.2, 0.25) is 0 Å². The van der Waals surface area contributed by atoms with Crippen molar-refractivity contribution in [2.45, 2.75) is 81.5 Å². The number of ether oxygens (including phenoxy) is 1. The van der Waals surface area contributed by atoms with Crippen LogP contribution in [0.25, 0.3) is 0 Å². The summed E-state index contributed by atoms with van der Waals surface area (Å²) in [5.41, 5.74) is 0. The zero-order valence-electron chi connectivity index (χ0n) is 18.6. The summed E-state index contributed by atoms with van der Waals surface area (Å²) in [7, 11) is 0. The predicted octanol–water partition coefficient (Wildman–Crippen LogP) is 3.24. The van der Waals surface area contributed by atoms with Gasteiger partial charge < -0.3 is 19.9 Å². The lowest BCUT2D eigenvalue weighted by Crippen LogP contribution is -2.58. The van der Waals surface area contributed by atoms with Crippen LogP contribution in [0.3, 0.4) is 0 Å². The molecule has 1 aliphatic carbocycles. The van der Waals surface area contributed by atoms with E-state index in [1.54, 1.807) is 11.8 Å². The van der Waals surface area contributed by atoms with Gasteiger partial charge in [-0.15, -0.1) is 11.8 Å². The molecule has 0 aromatic heterocycles. The van der Waals surface area contributed by atoms with Crippen molar-refractivity contribution in [2.75, 3.05) is 32.1 Å². The van der Waals surface area contributed by atoms with E-state index in [9.17, 15) is 9.59 Å². The number of rotatable bonds is 4. The maximum atomic E-state index is 13.4. The fourth-order valence-electron chi connectivity index (χ4n) is 4.81. The largest absolute Gasteiger partial charge is 0.378 e. The summed E-state index contributed by atoms with van der Waals surface area (Å²) in [5, 5.41) is 3.25. The lowest BCUT2D eigenvalue weighted by molar-refractivity contribution is -0.141. The van der Waals surface area contributed by atoms with Gasteiger partial charge in [0.2, 0.25) is 11.8 Å². The van der Waals surface area contributed by atoms with E-state index in [0.29, 0.717) is 13.2 Å². The van der Waals surface area contributed by atoms with Gasteiger partial charge in [0.05, 0.1) is 23.8 Å². The van der Waals surface area contributed by atoms with E-state index in [4.69, 9.17) is 17.0 Å². The highest BCUT2D eigenvalue weighted by Gasteiger charge is 2.56. The minimum absolute atomic E-state index is 0.0147. The molecule has 6 nitrogen and oxygen atoms in total. The Morgan fingerprint density at radius 1 is 1.13 bits per heavy atom. The molecule has 1 unspecified atom stereocenters. The Balaban J connectivity index is 1.67. The van der Waals surface area contributed by atoms with Gasteiger partial charge in [0.1, 0.15) is 10.4 Å². The van der Waals surface area contributed by atoms with Crippen molar-refractivity contribution in [2.24, 2.45) is 0 Å². The van der Waals surface area contributed by atoms with Crippen molar-refractivity contribution < 1.29 is 14.3 Å². The van der Waals surface area contributed by atoms with Crippen LogP contribution in [0.15, 0.2) is 0 Å². The third kappa shape index (κ3) is 5.64. The van der Waals surface area contributed by atoms with Gasteiger partial charge in [0.25, 0.3) is 0 Å². The fraction of sp³-hybridized carbons (Fsp3) is 0.857. The molecule has 2 heterocycles. The van der Waals surface area contributed by atoms with Crippen molar-refractivity contribution in [3.05, 3.63) is 0 Å². The van der Waals surface area contributed by atoms with Gasteiger partial charge in [-0.2, -0.15) is 0 Å². The molecule has 0 spiro atoms. The molecule has 0 aromatic carbocycles. The summed E-state index contributed by atoms with van der Waals surface area (Å²) >= 11 is 8.63. The summed E-state index contributed by atoms with van der Waals surface area (Å²) in [6.07, 6.45) is 5.64. The van der Waals surface area contributed by atoms with Gasteiger partial charge in [-0.3, -0.25) is 9.59 Å². The lowest BCUT2D eigenvalue weighted by Gasteiger charge is -2.36. The molecular formula is C21H35N3O3S3. The van der Waals surface area contributed by atoms with Crippen LogP contribution in [0.1, 0.15) is 59.8 Å². The number of nitrogens with one attached hydrogen (secondary N) is 1. The topological polar surface area (TPSA) is 61.9 Å². The predicted molar refractivity (Wildman–Crippen MR) is 129 cm³/mol. The highest BCUT2D eigenvalue weighted by atomic mass is 32.2. The maximum Gasteiger partial charge on any atom is 0.244 e. The number of amides is 2. The highest BCUT2D eigenvalue weighted by Crippen LogP contribution is 2.51. The Labute approximate surface area is 194 Å². The molecule has 170 valence electrons. The number of thiocarbonyl (C=S) groups is 1. The molecule has 0 radical (unpaired) electrons. The van der Waals surface area contributed by atoms with Crippen LogP contribution in [-0.4, -0.2) is 79.7 Å². The van der Waals surface area contributed by atoms with Crippen molar-refractivity contribution >= 4 is 51.9 Å². The van der Waals surface area contributed by atoms with Gasteiger partial charge in [-0.25, -0.2) is 0 Å². The fourth-order valence-corrected chi connectivity index (χ4v) is 7.83. The number of carbonyl (C=O) groups is 2. The van der Waals surface area contributed by atoms with E-state index in [2.05, 4.69) is 24.1 Å². The summed E-state index contributed by atoms with van der Waals surface area (Å²) in [6.45, 7) is 11.1. The third-order valence-corrected chi connectivity index (χ3v) is 9.02. The van der Waals surface area contributed by atoms with E-state index in [-0.39, 0.29) is 28.4 Å². The molecule has 30 heavy (non-hydrogen) atoms. The van der Waals surface area contributed by atoms with Crippen LogP contribution in [0.5, 0.6) is 0 Å². The average Bonchev–Trinajstić information content (AvgIpc) is 2.90. The standard InChI is InChI=1S/C21H35N3O3S3/c1-20(2)17(18(26)22-15-8-6-5-7-9-15)24(21(3,4)30-20)16(25)14-29-19(28)23-10-12-27-13-11-23/h15,17H,5-14H2,1-4H3,(H,22,26). The van der Waals surface area contributed by atoms with Crippen molar-refractivity contribution in [1.29, 1.82) is 0 Å². The molecule has 1 saturated carbocycles. The van der Waals surface area contributed by atoms with E-state index in [0.717, 1.165) is 43.1 Å². The molecular weight excluding hydrogens is 438 g/mol. The summed E-state index contributed by atoms with van der Waals surface area (Å²) in [4.78, 5) is 30.2. The van der Waals surface area contributed by atoms with Crippen LogP contribution < -0.4 is 5.32 Å². The quantitative estimate of drug-likeness (QED) is 0.629. The number of carbonyl (C=O) groups excluding carboxylic acids is 2. The molecule has 9 heteroatoms. The third-order valence-electron chi connectivity index (χ3n) is 6.07. The summed E-state index contributed by atoms with van der Waals surface area (Å²) in [6, 6.07) is -0.250. The first-order valence-corrected chi connectivity index (χ1v) is 13.1. The SMILES string of the molecule is CC1(C)SC(C)(C)N(C(=O)CSC(=S)N2CCOCC2)C1C(=O)NC1CCCCC1. The van der Waals surface area contributed by atoms with E-state index in [1.807, 2.05) is 18.7 Å². The van der Waals surface area contributed by atoms with Gasteiger partial charge in [0, 0.05) is 23.9 Å². The molecule has 1 N–H and O–H groups in total. The zero-order valence-corrected chi connectivity index (χ0v) is 21.0. The highest BCUT2D eigenvalue weighted by molar-refractivity contribution is 8.23. The Bertz CT molecular complexity index is 659. The molecule has 3 rings (SSSR count). The normalized spacial score (nSPS) is 26.5. The number of thioether (sulfide) groups is 2. The monoisotopic (exact) mass is 473 g/mol. The van der Waals surface area contributed by atoms with Crippen LogP contribution >= 0.6 is 35.7 Å². The zero-order chi connectivity index (χ0) is 21.9. The molecule has 2 aliphatic heterocycles. The molecule has 0 bridgehead atoms. The second-order valence-corrected chi connectivity index (χ2v) is 13.2. The second kappa shape index (κ2) is 9.96. The van der Waals surface area contributed by atoms with Gasteiger partial charge in [-0.1, -0.05) is 43.2 Å². The molecule has 2 saturated heterocycles. The summed E-state index contributed by atoms with van der Waals surface area (Å²) < 4.78 is 5.76. The number of hydrogen-bond donors (Lipinski definition) is 1. The van der Waals surface area contributed by atoms with E-state index >= 15 is 0 Å². The number of hydrogen-bond acceptors (Lipinski definition) is 6. The smallest absolute Gasteiger partial charge is 0.244 e. The second-order valence-electron chi connectivity index (χ2n) is 9.32. The first kappa shape index (κ1) is 24.1. The molecule has 3 aliphatic rings. The molecule has 1 atom stereocenters. The Morgan fingerprint density at radius 3 is 2.40 bits per heavy atom. The van der Waals surface area contributed by atoms with Crippen LogP contribution in [0, 0.1) is 0 Å². The van der Waals surface area contributed by atoms with Gasteiger partial charge in [0.15, 0.2) is 0 Å². The van der Waals surface area contributed by atoms with E-state index in [1.165, 1.54) is 18.2 Å². The minimum atomic E-state index is -0.482. The first-order chi connectivity index (χ1) is 14.1. The van der Waals surface area contributed by atoms with Crippen LogP contribution in [-0.2, 0) is 14.3 Å². The minimum Gasteiger partial charge on any atom is -0.378 e. The van der Waals surface area contributed by atoms with Crippen molar-refractivity contribution in [3.63, 3.8) is 0 Å². The van der Waals surface area contributed by atoms with Crippen molar-refractivity contribution in [1.82, 2.24) is 15.1 Å². The number of morpholine rings is 1. The molecule has 3 fully saturated rings. The Hall–Kier alpha value is -0.510.